The van der Waals surface area contributed by atoms with Crippen LogP contribution >= 0.6 is 0 Å². The molecule has 0 amide bonds. The summed E-state index contributed by atoms with van der Waals surface area (Å²) in [5, 5.41) is 0. The van der Waals surface area contributed by atoms with Crippen LogP contribution in [0.15, 0.2) is 79.1 Å². The standard InChI is InChI=1S/C25H20O4/c1-3-17-4-6-19(7-5-17)16-28-21-12-13-22-23(15-21)29-24(25(22)26)14-18-8-10-20(27-2)11-9-18/h3-15H,1,16H2,2H3/b24-14-. The molecule has 0 spiro atoms. The fourth-order valence-electron chi connectivity index (χ4n) is 3.03. The van der Waals surface area contributed by atoms with E-state index in [1.54, 1.807) is 37.5 Å². The second-order valence-corrected chi connectivity index (χ2v) is 6.61. The van der Waals surface area contributed by atoms with Crippen LogP contribution in [0.4, 0.5) is 0 Å². The summed E-state index contributed by atoms with van der Waals surface area (Å²) in [4.78, 5) is 12.6. The number of ether oxygens (including phenoxy) is 3. The highest BCUT2D eigenvalue weighted by atomic mass is 16.5. The summed E-state index contributed by atoms with van der Waals surface area (Å²) in [6.07, 6.45) is 3.53. The number of hydrogen-bond donors (Lipinski definition) is 0. The lowest BCUT2D eigenvalue weighted by molar-refractivity contribution is 0.101. The molecule has 0 aromatic heterocycles. The van der Waals surface area contributed by atoms with E-state index in [1.165, 1.54) is 0 Å². The van der Waals surface area contributed by atoms with Gasteiger partial charge in [-0.1, -0.05) is 49.1 Å². The maximum absolute atomic E-state index is 12.6. The Labute approximate surface area is 169 Å². The first kappa shape index (κ1) is 18.6. The molecule has 0 saturated carbocycles. The van der Waals surface area contributed by atoms with Gasteiger partial charge in [-0.2, -0.15) is 0 Å². The van der Waals surface area contributed by atoms with E-state index >= 15 is 0 Å². The minimum atomic E-state index is -0.137. The molecule has 0 bridgehead atoms. The molecule has 4 rings (SSSR count). The van der Waals surface area contributed by atoms with Gasteiger partial charge < -0.3 is 14.2 Å². The van der Waals surface area contributed by atoms with Gasteiger partial charge in [0.25, 0.3) is 0 Å². The minimum absolute atomic E-state index is 0.137. The number of fused-ring (bicyclic) bond motifs is 1. The van der Waals surface area contributed by atoms with Crippen LogP contribution < -0.4 is 14.2 Å². The minimum Gasteiger partial charge on any atom is -0.497 e. The van der Waals surface area contributed by atoms with Gasteiger partial charge >= 0.3 is 0 Å². The zero-order valence-electron chi connectivity index (χ0n) is 16.1. The number of methoxy groups -OCH3 is 1. The van der Waals surface area contributed by atoms with Crippen molar-refractivity contribution in [3.63, 3.8) is 0 Å². The lowest BCUT2D eigenvalue weighted by atomic mass is 10.1. The molecule has 29 heavy (non-hydrogen) atoms. The molecule has 0 aliphatic carbocycles. The molecule has 4 nitrogen and oxygen atoms in total. The first-order valence-corrected chi connectivity index (χ1v) is 9.23. The highest BCUT2D eigenvalue weighted by Gasteiger charge is 2.27. The average Bonchev–Trinajstić information content (AvgIpc) is 3.07. The normalized spacial score (nSPS) is 13.7. The van der Waals surface area contributed by atoms with E-state index < -0.39 is 0 Å². The molecule has 0 radical (unpaired) electrons. The van der Waals surface area contributed by atoms with E-state index in [4.69, 9.17) is 14.2 Å². The summed E-state index contributed by atoms with van der Waals surface area (Å²) in [5.74, 6) is 2.07. The predicted octanol–water partition coefficient (Wildman–Crippen LogP) is 5.53. The fourth-order valence-corrected chi connectivity index (χ4v) is 3.03. The molecule has 4 heteroatoms. The average molecular weight is 384 g/mol. The largest absolute Gasteiger partial charge is 0.497 e. The van der Waals surface area contributed by atoms with Crippen LogP contribution in [0.1, 0.15) is 27.0 Å². The fraction of sp³-hybridized carbons (Fsp3) is 0.0800. The molecule has 1 heterocycles. The topological polar surface area (TPSA) is 44.8 Å². The van der Waals surface area contributed by atoms with Gasteiger partial charge in [0, 0.05) is 6.07 Å². The number of ketones is 1. The summed E-state index contributed by atoms with van der Waals surface area (Å²) in [7, 11) is 1.61. The smallest absolute Gasteiger partial charge is 0.231 e. The number of carbonyl (C=O) groups excluding carboxylic acids is 1. The van der Waals surface area contributed by atoms with E-state index in [2.05, 4.69) is 6.58 Å². The molecule has 0 atom stereocenters. The molecule has 1 aliphatic rings. The number of carbonyl (C=O) groups is 1. The maximum atomic E-state index is 12.6. The Hall–Kier alpha value is -3.79. The first-order valence-electron chi connectivity index (χ1n) is 9.23. The Balaban J connectivity index is 1.47. The number of rotatable bonds is 6. The molecule has 0 saturated heterocycles. The van der Waals surface area contributed by atoms with Gasteiger partial charge in [-0.15, -0.1) is 0 Å². The molecule has 3 aromatic rings. The molecule has 1 aliphatic heterocycles. The van der Waals surface area contributed by atoms with Crippen molar-refractivity contribution in [2.45, 2.75) is 6.61 Å². The zero-order chi connectivity index (χ0) is 20.2. The van der Waals surface area contributed by atoms with E-state index in [-0.39, 0.29) is 5.78 Å². The molecular weight excluding hydrogens is 364 g/mol. The lowest BCUT2D eigenvalue weighted by Crippen LogP contribution is -1.98. The Morgan fingerprint density at radius 1 is 0.931 bits per heavy atom. The van der Waals surface area contributed by atoms with Gasteiger partial charge in [-0.3, -0.25) is 4.79 Å². The summed E-state index contributed by atoms with van der Waals surface area (Å²) in [6.45, 7) is 4.18. The SMILES string of the molecule is C=Cc1ccc(COc2ccc3c(c2)O/C(=C\c2ccc(OC)cc2)C3=O)cc1. The molecule has 144 valence electrons. The van der Waals surface area contributed by atoms with E-state index in [1.807, 2.05) is 48.5 Å². The zero-order valence-corrected chi connectivity index (χ0v) is 16.1. The monoisotopic (exact) mass is 384 g/mol. The third kappa shape index (κ3) is 4.06. The Kier molecular flexibility index (Phi) is 5.16. The van der Waals surface area contributed by atoms with Crippen LogP contribution in [-0.4, -0.2) is 12.9 Å². The van der Waals surface area contributed by atoms with Crippen LogP contribution in [0, 0.1) is 0 Å². The van der Waals surface area contributed by atoms with Crippen molar-refractivity contribution in [3.05, 3.63) is 101 Å². The molecule has 0 fully saturated rings. The van der Waals surface area contributed by atoms with Crippen molar-refractivity contribution < 1.29 is 19.0 Å². The molecule has 0 unspecified atom stereocenters. The number of hydrogen-bond acceptors (Lipinski definition) is 4. The lowest BCUT2D eigenvalue weighted by Gasteiger charge is -2.07. The van der Waals surface area contributed by atoms with Crippen LogP contribution in [-0.2, 0) is 6.61 Å². The van der Waals surface area contributed by atoms with E-state index in [9.17, 15) is 4.79 Å². The Morgan fingerprint density at radius 2 is 1.62 bits per heavy atom. The summed E-state index contributed by atoms with van der Waals surface area (Å²) in [5.41, 5.74) is 3.51. The predicted molar refractivity (Wildman–Crippen MR) is 113 cm³/mol. The van der Waals surface area contributed by atoms with Crippen molar-refractivity contribution in [2.75, 3.05) is 7.11 Å². The van der Waals surface area contributed by atoms with Gasteiger partial charge in [-0.05, 0) is 47.0 Å². The molecular formula is C25H20O4. The highest BCUT2D eigenvalue weighted by Crippen LogP contribution is 2.35. The summed E-state index contributed by atoms with van der Waals surface area (Å²) in [6, 6.07) is 20.7. The molecule has 3 aromatic carbocycles. The third-order valence-corrected chi connectivity index (χ3v) is 4.68. The van der Waals surface area contributed by atoms with Gasteiger partial charge in [0.2, 0.25) is 5.78 Å². The Bertz CT molecular complexity index is 1080. The van der Waals surface area contributed by atoms with Crippen molar-refractivity contribution in [2.24, 2.45) is 0 Å². The number of allylic oxidation sites excluding steroid dienone is 1. The maximum Gasteiger partial charge on any atom is 0.231 e. The number of Topliss-reactive ketones (excluding diaryl/α,β-unsaturated/α-hetero) is 1. The van der Waals surface area contributed by atoms with Gasteiger partial charge in [0.05, 0.1) is 12.7 Å². The van der Waals surface area contributed by atoms with E-state index in [0.717, 1.165) is 22.4 Å². The Morgan fingerprint density at radius 3 is 2.31 bits per heavy atom. The third-order valence-electron chi connectivity index (χ3n) is 4.68. The first-order chi connectivity index (χ1) is 14.2. The highest BCUT2D eigenvalue weighted by molar-refractivity contribution is 6.14. The second kappa shape index (κ2) is 8.07. The van der Waals surface area contributed by atoms with Gasteiger partial charge in [-0.25, -0.2) is 0 Å². The van der Waals surface area contributed by atoms with Crippen molar-refractivity contribution in [3.8, 4) is 17.2 Å². The van der Waals surface area contributed by atoms with Gasteiger partial charge in [0.15, 0.2) is 5.76 Å². The summed E-state index contributed by atoms with van der Waals surface area (Å²) < 4.78 is 16.8. The van der Waals surface area contributed by atoms with E-state index in [0.29, 0.717) is 29.4 Å². The van der Waals surface area contributed by atoms with Crippen LogP contribution in [0.3, 0.4) is 0 Å². The van der Waals surface area contributed by atoms with Crippen LogP contribution in [0.2, 0.25) is 0 Å². The van der Waals surface area contributed by atoms with Crippen molar-refractivity contribution >= 4 is 17.9 Å². The second-order valence-electron chi connectivity index (χ2n) is 6.61. The van der Waals surface area contributed by atoms with Crippen LogP contribution in [0.5, 0.6) is 17.2 Å². The quantitative estimate of drug-likeness (QED) is 0.524. The summed E-state index contributed by atoms with van der Waals surface area (Å²) >= 11 is 0. The number of benzene rings is 3. The molecule has 0 N–H and O–H groups in total. The van der Waals surface area contributed by atoms with Crippen molar-refractivity contribution in [1.82, 2.24) is 0 Å². The van der Waals surface area contributed by atoms with Gasteiger partial charge in [0.1, 0.15) is 23.9 Å². The van der Waals surface area contributed by atoms with Crippen LogP contribution in [0.25, 0.3) is 12.2 Å². The van der Waals surface area contributed by atoms with Crippen molar-refractivity contribution in [1.29, 1.82) is 0 Å².